The van der Waals surface area contributed by atoms with Gasteiger partial charge in [-0.3, -0.25) is 14.2 Å². The molecule has 1 aliphatic rings. The number of aromatic nitrogens is 10. The Hall–Kier alpha value is -5.51. The first-order chi connectivity index (χ1) is 31.3. The van der Waals surface area contributed by atoms with Gasteiger partial charge in [0.25, 0.3) is 5.91 Å². The number of benzene rings is 2. The number of rotatable bonds is 16. The number of nitrogens with zero attached hydrogens (tertiary/aromatic N) is 10. The summed E-state index contributed by atoms with van der Waals surface area (Å²) in [4.78, 5) is 43.7. The fourth-order valence-corrected chi connectivity index (χ4v) is 9.27. The van der Waals surface area contributed by atoms with Gasteiger partial charge in [-0.05, 0) is 67.2 Å². The molecule has 2 N–H and O–H groups in total. The van der Waals surface area contributed by atoms with E-state index in [0.717, 1.165) is 33.9 Å². The van der Waals surface area contributed by atoms with Crippen molar-refractivity contribution in [3.63, 3.8) is 0 Å². The van der Waals surface area contributed by atoms with Crippen LogP contribution in [0.5, 0.6) is 0 Å². The zero-order chi connectivity index (χ0) is 47.1. The lowest BCUT2D eigenvalue weighted by Crippen LogP contribution is -2.25. The standard InChI is InChI=1S/C25H31ClN6O2Si.C21H24ClN5O3Si/c1-31-21-11-17(26)7-8-18(21)22(30-31)20-13-27-24-23(29-20)19(25(33)28-12-16-5-6-16)14-32(24)15-34-9-10-35(2,3)4;1-26-17-9-13(22)5-6-14(17)18(25-26)16-10-23-20-19(24-16)15(21(28)29)11-27(20)12-30-7-8-31(2,3)4/h7-8,11,13-14,16H,5-6,9-10,12,15H2,1-4H3,(H,28,33);5-6,9-11H,7-8,12H2,1-4H3,(H,28,29). The maximum Gasteiger partial charge on any atom is 0.339 e. The molecule has 6 heterocycles. The van der Waals surface area contributed by atoms with E-state index in [-0.39, 0.29) is 18.2 Å². The second-order valence-electron chi connectivity index (χ2n) is 19.3. The van der Waals surface area contributed by atoms with Crippen LogP contribution in [0.3, 0.4) is 0 Å². The van der Waals surface area contributed by atoms with Crippen LogP contribution < -0.4 is 5.32 Å². The van der Waals surface area contributed by atoms with E-state index >= 15 is 0 Å². The molecule has 8 aromatic rings. The van der Waals surface area contributed by atoms with Gasteiger partial charge in [0.2, 0.25) is 0 Å². The molecule has 16 nitrogen and oxygen atoms in total. The largest absolute Gasteiger partial charge is 0.478 e. The predicted octanol–water partition coefficient (Wildman–Crippen LogP) is 9.74. The van der Waals surface area contributed by atoms with Crippen LogP contribution in [0.15, 0.2) is 61.2 Å². The SMILES string of the molecule is Cn1nc(-c2cnc3c(n2)c(C(=O)NCC2CC2)cn3COCC[Si](C)(C)C)c2ccc(Cl)cc21.Cn1nc(-c2cnc3c(n2)c(C(=O)O)cn3COCC[Si](C)(C)C)c2ccc(Cl)cc21. The van der Waals surface area contributed by atoms with Gasteiger partial charge in [-0.25, -0.2) is 24.7 Å². The highest BCUT2D eigenvalue weighted by atomic mass is 35.5. The molecule has 1 saturated carbocycles. The number of carbonyl (C=O) groups is 2. The van der Waals surface area contributed by atoms with Crippen LogP contribution in [0.25, 0.3) is 66.9 Å². The molecule has 9 rings (SSSR count). The normalized spacial score (nSPS) is 13.2. The van der Waals surface area contributed by atoms with Crippen molar-refractivity contribution in [2.75, 3.05) is 19.8 Å². The molecule has 0 saturated heterocycles. The van der Waals surface area contributed by atoms with Gasteiger partial charge in [0.1, 0.15) is 52.8 Å². The minimum absolute atomic E-state index is 0.0847. The molecule has 2 aromatic carbocycles. The summed E-state index contributed by atoms with van der Waals surface area (Å²) in [6.45, 7) is 16.4. The highest BCUT2D eigenvalue weighted by molar-refractivity contribution is 6.76. The summed E-state index contributed by atoms with van der Waals surface area (Å²) < 4.78 is 18.8. The van der Waals surface area contributed by atoms with Crippen molar-refractivity contribution in [1.29, 1.82) is 0 Å². The fraction of sp³-hybridized carbons (Fsp3) is 0.391. The third-order valence-corrected chi connectivity index (χ3v) is 15.3. The monoisotopic (exact) mass is 967 g/mol. The van der Waals surface area contributed by atoms with Gasteiger partial charge >= 0.3 is 5.97 Å². The van der Waals surface area contributed by atoms with Crippen LogP contribution in [0.2, 0.25) is 61.4 Å². The quantitative estimate of drug-likeness (QED) is 0.0695. The zero-order valence-electron chi connectivity index (χ0n) is 38.5. The number of ether oxygens (including phenoxy) is 2. The van der Waals surface area contributed by atoms with Crippen molar-refractivity contribution in [3.8, 4) is 22.8 Å². The van der Waals surface area contributed by atoms with Crippen molar-refractivity contribution < 1.29 is 24.2 Å². The minimum Gasteiger partial charge on any atom is -0.478 e. The predicted molar refractivity (Wildman–Crippen MR) is 265 cm³/mol. The summed E-state index contributed by atoms with van der Waals surface area (Å²) in [7, 11) is 1.30. The zero-order valence-corrected chi connectivity index (χ0v) is 42.0. The number of carboxylic acid groups (broad SMARTS) is 1. The average Bonchev–Trinajstić information content (AvgIpc) is 3.63. The fourth-order valence-electron chi connectivity index (χ4n) is 7.43. The Balaban J connectivity index is 0.000000181. The Labute approximate surface area is 394 Å². The first-order valence-electron chi connectivity index (χ1n) is 22.0. The van der Waals surface area contributed by atoms with Crippen molar-refractivity contribution in [2.45, 2.75) is 77.7 Å². The summed E-state index contributed by atoms with van der Waals surface area (Å²) in [5.41, 5.74) is 6.76. The molecule has 0 unspecified atom stereocenters. The van der Waals surface area contributed by atoms with Gasteiger partial charge in [0, 0.05) is 83.2 Å². The van der Waals surface area contributed by atoms with Gasteiger partial charge in [-0.2, -0.15) is 10.2 Å². The molecule has 0 atom stereocenters. The molecule has 1 aliphatic carbocycles. The lowest BCUT2D eigenvalue weighted by atomic mass is 10.1. The number of carboxylic acids is 1. The summed E-state index contributed by atoms with van der Waals surface area (Å²) in [5.74, 6) is -0.604. The Morgan fingerprint density at radius 1 is 0.727 bits per heavy atom. The van der Waals surface area contributed by atoms with Crippen LogP contribution in [-0.4, -0.2) is 102 Å². The van der Waals surface area contributed by atoms with Crippen LogP contribution >= 0.6 is 23.2 Å². The first kappa shape index (κ1) is 47.0. The molecule has 1 fully saturated rings. The van der Waals surface area contributed by atoms with E-state index in [9.17, 15) is 14.7 Å². The highest BCUT2D eigenvalue weighted by Crippen LogP contribution is 2.32. The Kier molecular flexibility index (Phi) is 13.5. The smallest absolute Gasteiger partial charge is 0.339 e. The Morgan fingerprint density at radius 3 is 1.62 bits per heavy atom. The van der Waals surface area contributed by atoms with E-state index < -0.39 is 22.1 Å². The second-order valence-corrected chi connectivity index (χ2v) is 31.4. The molecule has 0 bridgehead atoms. The maximum absolute atomic E-state index is 13.1. The number of hydrogen-bond acceptors (Lipinski definition) is 10. The van der Waals surface area contributed by atoms with E-state index in [4.69, 9.17) is 42.6 Å². The molecular weight excluding hydrogens is 914 g/mol. The number of hydrogen-bond donors (Lipinski definition) is 2. The topological polar surface area (TPSA) is 182 Å². The molecule has 20 heteroatoms. The molecule has 66 heavy (non-hydrogen) atoms. The number of amides is 1. The molecule has 6 aromatic heterocycles. The number of nitrogens with one attached hydrogen (secondary N) is 1. The van der Waals surface area contributed by atoms with Gasteiger partial charge in [-0.15, -0.1) is 0 Å². The molecule has 0 spiro atoms. The third-order valence-electron chi connectivity index (χ3n) is 11.4. The number of fused-ring (bicyclic) bond motifs is 4. The number of aromatic carboxylic acids is 1. The van der Waals surface area contributed by atoms with E-state index in [1.807, 2.05) is 55.2 Å². The lowest BCUT2D eigenvalue weighted by molar-refractivity contribution is 0.0695. The van der Waals surface area contributed by atoms with E-state index in [0.29, 0.717) is 93.1 Å². The van der Waals surface area contributed by atoms with Crippen molar-refractivity contribution >= 4 is 95.4 Å². The highest BCUT2D eigenvalue weighted by Gasteiger charge is 2.26. The number of carbonyl (C=O) groups excluding carboxylic acids is 1. The van der Waals surface area contributed by atoms with Crippen molar-refractivity contribution in [2.24, 2.45) is 20.0 Å². The van der Waals surface area contributed by atoms with Crippen molar-refractivity contribution in [1.82, 2.24) is 53.9 Å². The maximum atomic E-state index is 13.1. The average molecular weight is 969 g/mol. The van der Waals surface area contributed by atoms with E-state index in [2.05, 4.69) is 64.8 Å². The lowest BCUT2D eigenvalue weighted by Gasteiger charge is -2.15. The Bertz CT molecular complexity index is 3110. The molecule has 346 valence electrons. The van der Waals surface area contributed by atoms with E-state index in [1.54, 1.807) is 32.4 Å². The number of halogens is 2. The van der Waals surface area contributed by atoms with Crippen LogP contribution in [0, 0.1) is 5.92 Å². The molecular formula is C46H55Cl2N11O5Si2. The summed E-state index contributed by atoms with van der Waals surface area (Å²) in [6.07, 6.45) is 9.01. The minimum atomic E-state index is -1.20. The van der Waals surface area contributed by atoms with Gasteiger partial charge in [-0.1, -0.05) is 62.5 Å². The second kappa shape index (κ2) is 19.0. The van der Waals surface area contributed by atoms with E-state index in [1.165, 1.54) is 19.0 Å². The summed E-state index contributed by atoms with van der Waals surface area (Å²) >= 11 is 12.3. The molecule has 0 aliphatic heterocycles. The van der Waals surface area contributed by atoms with Crippen LogP contribution in [0.4, 0.5) is 0 Å². The van der Waals surface area contributed by atoms with Crippen LogP contribution in [-0.2, 0) is 37.0 Å². The van der Waals surface area contributed by atoms with Crippen LogP contribution in [0.1, 0.15) is 33.6 Å². The summed E-state index contributed by atoms with van der Waals surface area (Å²) in [5, 5.41) is 25.0. The first-order valence-corrected chi connectivity index (χ1v) is 30.1. The Morgan fingerprint density at radius 2 is 1.18 bits per heavy atom. The number of aryl methyl sites for hydroxylation is 2. The van der Waals surface area contributed by atoms with Crippen molar-refractivity contribution in [3.05, 3.63) is 82.4 Å². The van der Waals surface area contributed by atoms with Gasteiger partial charge in [0.15, 0.2) is 11.3 Å². The third kappa shape index (κ3) is 10.7. The summed E-state index contributed by atoms with van der Waals surface area (Å²) in [6, 6.07) is 13.3. The molecule has 0 radical (unpaired) electrons. The van der Waals surface area contributed by atoms with Gasteiger partial charge in [0.05, 0.1) is 29.0 Å². The molecule has 1 amide bonds. The van der Waals surface area contributed by atoms with Gasteiger partial charge < -0.3 is 29.0 Å².